The van der Waals surface area contributed by atoms with Crippen LogP contribution in [-0.4, -0.2) is 22.7 Å². The lowest BCUT2D eigenvalue weighted by Crippen LogP contribution is -2.25. The van der Waals surface area contributed by atoms with Crippen molar-refractivity contribution in [3.8, 4) is 0 Å². The van der Waals surface area contributed by atoms with Gasteiger partial charge in [0.1, 0.15) is 5.71 Å². The summed E-state index contributed by atoms with van der Waals surface area (Å²) >= 11 is 0. The molecular formula is C12H10N2O2. The summed E-state index contributed by atoms with van der Waals surface area (Å²) < 4.78 is 0. The molecular weight excluding hydrogens is 204 g/mol. The fraction of sp³-hybridized carbons (Fsp3) is 0.167. The minimum atomic E-state index is -0.124. The first-order chi connectivity index (χ1) is 7.90. The van der Waals surface area contributed by atoms with Gasteiger partial charge in [0.2, 0.25) is 0 Å². The zero-order chi connectivity index (χ0) is 11.0. The molecule has 4 nitrogen and oxygen atoms in total. The van der Waals surface area contributed by atoms with Gasteiger partial charge in [0.25, 0.3) is 0 Å². The highest BCUT2D eigenvalue weighted by molar-refractivity contribution is 6.20. The number of hydrogen-bond acceptors (Lipinski definition) is 4. The smallest absolute Gasteiger partial charge is 0.160 e. The van der Waals surface area contributed by atoms with Crippen LogP contribution in [0.25, 0.3) is 0 Å². The summed E-state index contributed by atoms with van der Waals surface area (Å²) in [6.45, 7) is 0. The molecule has 4 heteroatoms. The molecule has 1 aromatic carbocycles. The number of nitrogens with zero attached hydrogens (tertiary/aromatic N) is 2. The van der Waals surface area contributed by atoms with Crippen molar-refractivity contribution >= 4 is 11.4 Å². The predicted octanol–water partition coefficient (Wildman–Crippen LogP) is 1.81. The third kappa shape index (κ3) is 1.23. The predicted molar refractivity (Wildman–Crippen MR) is 59.7 cm³/mol. The van der Waals surface area contributed by atoms with Gasteiger partial charge >= 0.3 is 0 Å². The summed E-state index contributed by atoms with van der Waals surface area (Å²) in [5.74, 6) is -0.0765. The van der Waals surface area contributed by atoms with Crippen LogP contribution in [0.2, 0.25) is 0 Å². The summed E-state index contributed by atoms with van der Waals surface area (Å²) in [6, 6.07) is 9.79. The van der Waals surface area contributed by atoms with Crippen LogP contribution in [0, 0.1) is 5.92 Å². The van der Waals surface area contributed by atoms with Gasteiger partial charge in [-0.1, -0.05) is 40.6 Å². The first-order valence-corrected chi connectivity index (χ1v) is 5.09. The molecule has 80 valence electrons. The summed E-state index contributed by atoms with van der Waals surface area (Å²) in [5, 5.41) is 16.2. The summed E-state index contributed by atoms with van der Waals surface area (Å²) in [5.41, 5.74) is 2.42. The molecule has 0 spiro atoms. The van der Waals surface area contributed by atoms with Crippen LogP contribution in [0.1, 0.15) is 5.56 Å². The Hall–Kier alpha value is -2.10. The van der Waals surface area contributed by atoms with Crippen LogP contribution in [-0.2, 0) is 4.84 Å². The molecule has 1 N–H and O–H groups in total. The minimum absolute atomic E-state index is 0.0765. The number of rotatable bonds is 1. The lowest BCUT2D eigenvalue weighted by Gasteiger charge is -2.09. The Kier molecular flexibility index (Phi) is 1.99. The van der Waals surface area contributed by atoms with Crippen molar-refractivity contribution in [2.24, 2.45) is 16.2 Å². The van der Waals surface area contributed by atoms with Crippen molar-refractivity contribution in [2.75, 3.05) is 0 Å². The number of allylic oxidation sites excluding steroid dienone is 1. The standard InChI is InChI=1S/C12H10N2O2/c15-13-9-6-7-10-11(9)12(14-16-10)8-4-2-1-3-5-8/h1-7,10-11,15H/b13-9+/t10-,11+/m1/s1. The van der Waals surface area contributed by atoms with Crippen molar-refractivity contribution in [1.82, 2.24) is 0 Å². The Bertz CT molecular complexity index is 491. The largest absolute Gasteiger partial charge is 0.411 e. The number of fused-ring (bicyclic) bond motifs is 1. The van der Waals surface area contributed by atoms with Gasteiger partial charge in [-0.15, -0.1) is 0 Å². The molecule has 2 aliphatic rings. The van der Waals surface area contributed by atoms with Crippen LogP contribution >= 0.6 is 0 Å². The van der Waals surface area contributed by atoms with Crippen LogP contribution in [0.5, 0.6) is 0 Å². The molecule has 0 aromatic heterocycles. The maximum Gasteiger partial charge on any atom is 0.160 e. The van der Waals surface area contributed by atoms with E-state index in [1.165, 1.54) is 0 Å². The molecule has 1 heterocycles. The zero-order valence-electron chi connectivity index (χ0n) is 8.45. The van der Waals surface area contributed by atoms with Gasteiger partial charge in [-0.3, -0.25) is 0 Å². The van der Waals surface area contributed by atoms with Gasteiger partial charge in [0.15, 0.2) is 6.10 Å². The van der Waals surface area contributed by atoms with Crippen molar-refractivity contribution in [1.29, 1.82) is 0 Å². The van der Waals surface area contributed by atoms with Crippen molar-refractivity contribution in [3.63, 3.8) is 0 Å². The lowest BCUT2D eigenvalue weighted by molar-refractivity contribution is 0.111. The SMILES string of the molecule is O/N=C1\C=C[C@H]2ON=C(c3ccccc3)[C@@H]12. The van der Waals surface area contributed by atoms with Gasteiger partial charge in [0, 0.05) is 5.56 Å². The van der Waals surface area contributed by atoms with Gasteiger partial charge in [-0.25, -0.2) is 0 Å². The van der Waals surface area contributed by atoms with E-state index in [1.54, 1.807) is 6.08 Å². The Labute approximate surface area is 92.5 Å². The molecule has 0 amide bonds. The molecule has 0 unspecified atom stereocenters. The molecule has 0 saturated carbocycles. The minimum Gasteiger partial charge on any atom is -0.411 e. The third-order valence-corrected chi connectivity index (χ3v) is 2.86. The zero-order valence-corrected chi connectivity index (χ0v) is 8.45. The van der Waals surface area contributed by atoms with E-state index in [0.717, 1.165) is 11.3 Å². The molecule has 1 aliphatic carbocycles. The molecule has 2 atom stereocenters. The molecule has 16 heavy (non-hydrogen) atoms. The average Bonchev–Trinajstić information content (AvgIpc) is 2.90. The van der Waals surface area contributed by atoms with Gasteiger partial charge < -0.3 is 10.0 Å². The topological polar surface area (TPSA) is 54.2 Å². The first-order valence-electron chi connectivity index (χ1n) is 5.09. The Morgan fingerprint density at radius 1 is 1.25 bits per heavy atom. The summed E-state index contributed by atoms with van der Waals surface area (Å²) in [4.78, 5) is 5.29. The molecule has 0 bridgehead atoms. The van der Waals surface area contributed by atoms with Gasteiger partial charge in [0.05, 0.1) is 11.6 Å². The quantitative estimate of drug-likeness (QED) is 0.572. The van der Waals surface area contributed by atoms with Crippen LogP contribution in [0.3, 0.4) is 0 Å². The number of oxime groups is 2. The van der Waals surface area contributed by atoms with Crippen molar-refractivity contribution in [3.05, 3.63) is 48.0 Å². The Morgan fingerprint density at radius 2 is 2.06 bits per heavy atom. The molecule has 0 saturated heterocycles. The molecule has 0 fully saturated rings. The van der Waals surface area contributed by atoms with Gasteiger partial charge in [-0.2, -0.15) is 0 Å². The number of benzene rings is 1. The second-order valence-electron chi connectivity index (χ2n) is 3.77. The van der Waals surface area contributed by atoms with Crippen molar-refractivity contribution in [2.45, 2.75) is 6.10 Å². The van der Waals surface area contributed by atoms with E-state index in [9.17, 15) is 0 Å². The van der Waals surface area contributed by atoms with Crippen LogP contribution < -0.4 is 0 Å². The van der Waals surface area contributed by atoms with E-state index in [1.807, 2.05) is 36.4 Å². The molecule has 3 rings (SSSR count). The van der Waals surface area contributed by atoms with E-state index in [-0.39, 0.29) is 12.0 Å². The summed E-state index contributed by atoms with van der Waals surface area (Å²) in [7, 11) is 0. The molecule has 1 aromatic rings. The highest BCUT2D eigenvalue weighted by Gasteiger charge is 2.40. The Morgan fingerprint density at radius 3 is 2.81 bits per heavy atom. The van der Waals surface area contributed by atoms with Crippen LogP contribution in [0.15, 0.2) is 52.8 Å². The second-order valence-corrected chi connectivity index (χ2v) is 3.77. The maximum atomic E-state index is 8.90. The fourth-order valence-electron chi connectivity index (χ4n) is 2.08. The maximum absolute atomic E-state index is 8.90. The van der Waals surface area contributed by atoms with Crippen LogP contribution in [0.4, 0.5) is 0 Å². The third-order valence-electron chi connectivity index (χ3n) is 2.86. The van der Waals surface area contributed by atoms with E-state index in [4.69, 9.17) is 10.0 Å². The summed E-state index contributed by atoms with van der Waals surface area (Å²) in [6.07, 6.45) is 3.51. The average molecular weight is 214 g/mol. The Balaban J connectivity index is 1.99. The first kappa shape index (κ1) is 9.15. The normalized spacial score (nSPS) is 29.0. The van der Waals surface area contributed by atoms with E-state index >= 15 is 0 Å². The fourth-order valence-corrected chi connectivity index (χ4v) is 2.08. The lowest BCUT2D eigenvalue weighted by atomic mass is 9.92. The highest BCUT2D eigenvalue weighted by Crippen LogP contribution is 2.30. The van der Waals surface area contributed by atoms with Gasteiger partial charge in [-0.05, 0) is 12.2 Å². The van der Waals surface area contributed by atoms with E-state index in [0.29, 0.717) is 5.71 Å². The van der Waals surface area contributed by atoms with Crippen molar-refractivity contribution < 1.29 is 10.0 Å². The molecule has 1 aliphatic heterocycles. The second kappa shape index (κ2) is 3.48. The number of hydrogen-bond donors (Lipinski definition) is 1. The highest BCUT2D eigenvalue weighted by atomic mass is 16.6. The van der Waals surface area contributed by atoms with E-state index < -0.39 is 0 Å². The van der Waals surface area contributed by atoms with E-state index in [2.05, 4.69) is 10.3 Å². The monoisotopic (exact) mass is 214 g/mol. The molecule has 0 radical (unpaired) electrons.